The molecule has 5 rings (SSSR count). The number of carbonyl (C=O) groups is 1. The first kappa shape index (κ1) is 19.5. The van der Waals surface area contributed by atoms with Crippen LogP contribution in [0.3, 0.4) is 0 Å². The molecule has 28 heavy (non-hydrogen) atoms. The predicted octanol–water partition coefficient (Wildman–Crippen LogP) is 4.98. The zero-order chi connectivity index (χ0) is 20.0. The van der Waals surface area contributed by atoms with Crippen LogP contribution < -0.4 is 10.3 Å². The maximum atomic E-state index is 13.2. The van der Waals surface area contributed by atoms with Crippen molar-refractivity contribution in [2.24, 2.45) is 27.3 Å². The molecule has 0 aromatic heterocycles. The third-order valence-corrected chi connectivity index (χ3v) is 7.51. The van der Waals surface area contributed by atoms with E-state index in [0.717, 1.165) is 37.9 Å². The van der Waals surface area contributed by atoms with Gasteiger partial charge in [0.2, 0.25) is 5.91 Å². The maximum absolute atomic E-state index is 13.2. The zero-order valence-corrected chi connectivity index (χ0v) is 17.9. The van der Waals surface area contributed by atoms with Gasteiger partial charge in [0.15, 0.2) is 0 Å². The third-order valence-electron chi connectivity index (χ3n) is 7.51. The summed E-state index contributed by atoms with van der Waals surface area (Å²) in [6, 6.07) is 8.38. The van der Waals surface area contributed by atoms with Gasteiger partial charge in [-0.1, -0.05) is 26.0 Å². The highest BCUT2D eigenvalue weighted by atomic mass is 16.2. The predicted molar refractivity (Wildman–Crippen MR) is 116 cm³/mol. The molecule has 4 aliphatic rings. The summed E-state index contributed by atoms with van der Waals surface area (Å²) in [4.78, 5) is 15.5. The number of rotatable bonds is 6. The lowest BCUT2D eigenvalue weighted by Crippen LogP contribution is -2.59. The van der Waals surface area contributed by atoms with Gasteiger partial charge < -0.3 is 4.90 Å². The molecule has 0 spiro atoms. The normalized spacial score (nSPS) is 36.1. The maximum Gasteiger partial charge on any atom is 0.246 e. The SMILES string of the molecule is CCN(CC)c1ccc(/C=N\NC(=O)C23CC4C[C@@](C)(C2)C[C@](C)(C4)C3)cc1. The zero-order valence-electron chi connectivity index (χ0n) is 17.9. The average Bonchev–Trinajstić information content (AvgIpc) is 2.61. The minimum Gasteiger partial charge on any atom is -0.372 e. The fourth-order valence-electron chi connectivity index (χ4n) is 7.34. The smallest absolute Gasteiger partial charge is 0.246 e. The largest absolute Gasteiger partial charge is 0.372 e. The lowest BCUT2D eigenvalue weighted by atomic mass is 9.40. The fourth-order valence-corrected chi connectivity index (χ4v) is 7.34. The highest BCUT2D eigenvalue weighted by Gasteiger charge is 2.62. The van der Waals surface area contributed by atoms with E-state index < -0.39 is 0 Å². The molecular weight excluding hydrogens is 346 g/mol. The van der Waals surface area contributed by atoms with E-state index in [1.54, 1.807) is 6.21 Å². The summed E-state index contributed by atoms with van der Waals surface area (Å²) in [6.45, 7) is 11.1. The monoisotopic (exact) mass is 381 g/mol. The molecule has 0 radical (unpaired) electrons. The number of hydrogen-bond donors (Lipinski definition) is 1. The first-order valence-corrected chi connectivity index (χ1v) is 11.0. The van der Waals surface area contributed by atoms with Crippen molar-refractivity contribution in [3.8, 4) is 0 Å². The minimum absolute atomic E-state index is 0.144. The molecule has 4 bridgehead atoms. The molecule has 1 aromatic rings. The van der Waals surface area contributed by atoms with Crippen LogP contribution in [0.15, 0.2) is 29.4 Å². The van der Waals surface area contributed by atoms with Crippen LogP contribution in [0.5, 0.6) is 0 Å². The summed E-state index contributed by atoms with van der Waals surface area (Å²) in [5, 5.41) is 4.32. The summed E-state index contributed by atoms with van der Waals surface area (Å²) < 4.78 is 0. The Morgan fingerprint density at radius 3 is 2.21 bits per heavy atom. The summed E-state index contributed by atoms with van der Waals surface area (Å²) in [5.41, 5.74) is 5.62. The van der Waals surface area contributed by atoms with Crippen LogP contribution in [0.25, 0.3) is 0 Å². The number of benzene rings is 1. The van der Waals surface area contributed by atoms with Crippen LogP contribution in [0.1, 0.15) is 71.8 Å². The third kappa shape index (κ3) is 3.46. The van der Waals surface area contributed by atoms with Crippen LogP contribution in [0, 0.1) is 22.2 Å². The molecule has 1 aromatic carbocycles. The van der Waals surface area contributed by atoms with E-state index in [0.29, 0.717) is 16.7 Å². The number of hydrogen-bond acceptors (Lipinski definition) is 3. The van der Waals surface area contributed by atoms with Crippen LogP contribution >= 0.6 is 0 Å². The highest BCUT2D eigenvalue weighted by molar-refractivity contribution is 5.86. The molecule has 4 nitrogen and oxygen atoms in total. The molecule has 4 heteroatoms. The van der Waals surface area contributed by atoms with Crippen LogP contribution in [0.2, 0.25) is 0 Å². The van der Waals surface area contributed by atoms with E-state index in [1.165, 1.54) is 24.9 Å². The Kier molecular flexibility index (Phi) is 4.79. The molecule has 1 N–H and O–H groups in total. The summed E-state index contributed by atoms with van der Waals surface area (Å²) >= 11 is 0. The van der Waals surface area contributed by atoms with E-state index in [-0.39, 0.29) is 11.3 Å². The standard InChI is InChI=1S/C24H35N3O/c1-5-27(6-2)20-9-7-18(8-10-20)14-25-26-21(28)24-13-19-11-22(3,16-24)15-23(4,12-19)17-24/h7-10,14,19H,5-6,11-13,15-17H2,1-4H3,(H,26,28)/b25-14-/t19?,22-,23+,24?. The van der Waals surface area contributed by atoms with Gasteiger partial charge >= 0.3 is 0 Å². The molecule has 4 saturated carbocycles. The van der Waals surface area contributed by atoms with Crippen molar-refractivity contribution >= 4 is 17.8 Å². The van der Waals surface area contributed by atoms with Crippen molar-refractivity contribution in [3.05, 3.63) is 29.8 Å². The molecular formula is C24H35N3O. The van der Waals surface area contributed by atoms with Crippen LogP contribution in [-0.2, 0) is 4.79 Å². The van der Waals surface area contributed by atoms with Crippen molar-refractivity contribution < 1.29 is 4.79 Å². The second kappa shape index (κ2) is 6.89. The molecule has 4 fully saturated rings. The van der Waals surface area contributed by atoms with Gasteiger partial charge in [0.05, 0.1) is 11.6 Å². The molecule has 4 atom stereocenters. The first-order valence-electron chi connectivity index (χ1n) is 11.0. The van der Waals surface area contributed by atoms with E-state index in [4.69, 9.17) is 0 Å². The van der Waals surface area contributed by atoms with Gasteiger partial charge in [-0.3, -0.25) is 4.79 Å². The van der Waals surface area contributed by atoms with Gasteiger partial charge in [-0.05, 0) is 86.8 Å². The molecule has 0 heterocycles. The number of anilines is 1. The topological polar surface area (TPSA) is 44.7 Å². The van der Waals surface area contributed by atoms with Gasteiger partial charge in [0, 0.05) is 18.8 Å². The van der Waals surface area contributed by atoms with Crippen LogP contribution in [-0.4, -0.2) is 25.2 Å². The van der Waals surface area contributed by atoms with Crippen molar-refractivity contribution in [2.75, 3.05) is 18.0 Å². The van der Waals surface area contributed by atoms with Crippen molar-refractivity contribution in [1.29, 1.82) is 0 Å². The van der Waals surface area contributed by atoms with E-state index in [9.17, 15) is 4.79 Å². The van der Waals surface area contributed by atoms with E-state index in [2.05, 4.69) is 67.4 Å². The molecule has 0 aliphatic heterocycles. The Hall–Kier alpha value is -1.84. The Bertz CT molecular complexity index is 747. The first-order chi connectivity index (χ1) is 13.3. The van der Waals surface area contributed by atoms with Crippen molar-refractivity contribution in [3.63, 3.8) is 0 Å². The van der Waals surface area contributed by atoms with Gasteiger partial charge in [-0.25, -0.2) is 5.43 Å². The Morgan fingerprint density at radius 1 is 1.07 bits per heavy atom. The van der Waals surface area contributed by atoms with E-state index >= 15 is 0 Å². The Labute approximate surface area is 169 Å². The number of amides is 1. The van der Waals surface area contributed by atoms with Gasteiger partial charge in [-0.15, -0.1) is 0 Å². The van der Waals surface area contributed by atoms with Crippen molar-refractivity contribution in [1.82, 2.24) is 5.43 Å². The van der Waals surface area contributed by atoms with Crippen molar-refractivity contribution in [2.45, 2.75) is 66.2 Å². The van der Waals surface area contributed by atoms with E-state index in [1.807, 2.05) is 0 Å². The lowest BCUT2D eigenvalue weighted by Gasteiger charge is -2.64. The molecule has 4 aliphatic carbocycles. The second-order valence-electron chi connectivity index (χ2n) is 10.4. The Balaban J connectivity index is 1.42. The molecule has 1 amide bonds. The molecule has 152 valence electrons. The quantitative estimate of drug-likeness (QED) is 0.558. The number of nitrogens with one attached hydrogen (secondary N) is 1. The molecule has 0 saturated heterocycles. The van der Waals surface area contributed by atoms with Crippen LogP contribution in [0.4, 0.5) is 5.69 Å². The summed E-state index contributed by atoms with van der Waals surface area (Å²) in [5.74, 6) is 0.860. The summed E-state index contributed by atoms with van der Waals surface area (Å²) in [7, 11) is 0. The lowest BCUT2D eigenvalue weighted by molar-refractivity contribution is -0.170. The average molecular weight is 382 g/mol. The number of carbonyl (C=O) groups excluding carboxylic acids is 1. The second-order valence-corrected chi connectivity index (χ2v) is 10.4. The Morgan fingerprint density at radius 2 is 1.68 bits per heavy atom. The minimum atomic E-state index is -0.202. The number of hydrazone groups is 1. The van der Waals surface area contributed by atoms with Gasteiger partial charge in [0.1, 0.15) is 0 Å². The fraction of sp³-hybridized carbons (Fsp3) is 0.667. The number of nitrogens with zero attached hydrogens (tertiary/aromatic N) is 2. The van der Waals surface area contributed by atoms with Gasteiger partial charge in [-0.2, -0.15) is 5.10 Å². The summed E-state index contributed by atoms with van der Waals surface area (Å²) in [6.07, 6.45) is 8.79. The molecule has 2 unspecified atom stereocenters. The highest BCUT2D eigenvalue weighted by Crippen LogP contribution is 2.69. The van der Waals surface area contributed by atoms with Gasteiger partial charge in [0.25, 0.3) is 0 Å².